The molecule has 3 rings (SSSR count). The molecule has 0 saturated heterocycles. The molecule has 0 fully saturated rings. The summed E-state index contributed by atoms with van der Waals surface area (Å²) in [5.74, 6) is -2.16. The number of nitro benzene ring substituents is 1. The standard InChI is InChI=1S/C21H14BrFN4O5/c22-15-8-14(19(28)18(10-15)27(31)32)11-24-26-21(30)13-2-1-3-17(9-13)25-20(29)12-4-6-16(23)7-5-12/h1-11,28H,(H,25,29)(H,26,30)/b24-11-. The molecule has 0 saturated carbocycles. The molecule has 0 atom stereocenters. The van der Waals surface area contributed by atoms with Gasteiger partial charge < -0.3 is 10.4 Å². The van der Waals surface area contributed by atoms with Crippen LogP contribution < -0.4 is 10.7 Å². The number of halogens is 2. The fourth-order valence-corrected chi connectivity index (χ4v) is 3.07. The molecule has 0 aliphatic carbocycles. The molecule has 0 unspecified atom stereocenters. The maximum absolute atomic E-state index is 13.0. The highest BCUT2D eigenvalue weighted by molar-refractivity contribution is 9.10. The van der Waals surface area contributed by atoms with E-state index in [1.54, 1.807) is 12.1 Å². The van der Waals surface area contributed by atoms with Gasteiger partial charge >= 0.3 is 5.69 Å². The molecule has 0 radical (unpaired) electrons. The molecule has 9 nitrogen and oxygen atoms in total. The molecule has 0 heterocycles. The van der Waals surface area contributed by atoms with Crippen LogP contribution in [0.15, 0.2) is 70.2 Å². The zero-order chi connectivity index (χ0) is 23.3. The van der Waals surface area contributed by atoms with Crippen LogP contribution in [-0.2, 0) is 0 Å². The summed E-state index contributed by atoms with van der Waals surface area (Å²) < 4.78 is 13.3. The average molecular weight is 501 g/mol. The first kappa shape index (κ1) is 22.6. The molecule has 0 aliphatic rings. The monoisotopic (exact) mass is 500 g/mol. The Morgan fingerprint density at radius 2 is 1.78 bits per heavy atom. The van der Waals surface area contributed by atoms with Gasteiger partial charge in [-0.25, -0.2) is 9.82 Å². The summed E-state index contributed by atoms with van der Waals surface area (Å²) in [5, 5.41) is 27.3. The second kappa shape index (κ2) is 9.79. The van der Waals surface area contributed by atoms with Gasteiger partial charge in [-0.1, -0.05) is 22.0 Å². The Balaban J connectivity index is 1.69. The molecule has 3 N–H and O–H groups in total. The lowest BCUT2D eigenvalue weighted by Crippen LogP contribution is -2.18. The van der Waals surface area contributed by atoms with Crippen molar-refractivity contribution in [2.24, 2.45) is 5.10 Å². The summed E-state index contributed by atoms with van der Waals surface area (Å²) in [5.41, 5.74) is 2.49. The Kier molecular flexibility index (Phi) is 6.90. The maximum Gasteiger partial charge on any atom is 0.312 e. The SMILES string of the molecule is O=C(N/N=C\c1cc(Br)cc([N+](=O)[O-])c1O)c1cccc(NC(=O)c2ccc(F)cc2)c1. The molecule has 0 aromatic heterocycles. The van der Waals surface area contributed by atoms with Crippen LogP contribution in [0.4, 0.5) is 15.8 Å². The molecule has 2 amide bonds. The van der Waals surface area contributed by atoms with Crippen molar-refractivity contribution in [1.82, 2.24) is 5.43 Å². The van der Waals surface area contributed by atoms with Crippen molar-refractivity contribution >= 4 is 45.3 Å². The van der Waals surface area contributed by atoms with Crippen molar-refractivity contribution in [3.8, 4) is 5.75 Å². The first-order valence-corrected chi connectivity index (χ1v) is 9.71. The smallest absolute Gasteiger partial charge is 0.312 e. The number of nitro groups is 1. The topological polar surface area (TPSA) is 134 Å². The van der Waals surface area contributed by atoms with Gasteiger partial charge in [-0.15, -0.1) is 0 Å². The lowest BCUT2D eigenvalue weighted by molar-refractivity contribution is -0.385. The van der Waals surface area contributed by atoms with Gasteiger partial charge in [0, 0.05) is 32.9 Å². The van der Waals surface area contributed by atoms with E-state index < -0.39 is 34.0 Å². The third-order valence-corrected chi connectivity index (χ3v) is 4.60. The van der Waals surface area contributed by atoms with Gasteiger partial charge in [0.1, 0.15) is 5.82 Å². The normalized spacial score (nSPS) is 10.7. The van der Waals surface area contributed by atoms with E-state index in [0.29, 0.717) is 10.2 Å². The fourth-order valence-electron chi connectivity index (χ4n) is 2.61. The van der Waals surface area contributed by atoms with Crippen LogP contribution in [0.25, 0.3) is 0 Å². The summed E-state index contributed by atoms with van der Waals surface area (Å²) in [6.07, 6.45) is 1.06. The predicted molar refractivity (Wildman–Crippen MR) is 118 cm³/mol. The molecule has 32 heavy (non-hydrogen) atoms. The van der Waals surface area contributed by atoms with Crippen LogP contribution in [0.2, 0.25) is 0 Å². The van der Waals surface area contributed by atoms with Gasteiger partial charge in [-0.05, 0) is 48.5 Å². The number of anilines is 1. The van der Waals surface area contributed by atoms with Crippen LogP contribution >= 0.6 is 15.9 Å². The van der Waals surface area contributed by atoms with Gasteiger partial charge in [0.05, 0.1) is 11.1 Å². The highest BCUT2D eigenvalue weighted by Gasteiger charge is 2.17. The Morgan fingerprint density at radius 3 is 2.47 bits per heavy atom. The minimum atomic E-state index is -0.748. The van der Waals surface area contributed by atoms with Crippen molar-refractivity contribution < 1.29 is 24.0 Å². The third-order valence-electron chi connectivity index (χ3n) is 4.14. The Hall–Kier alpha value is -4.12. The first-order chi connectivity index (χ1) is 15.2. The van der Waals surface area contributed by atoms with Crippen molar-refractivity contribution in [1.29, 1.82) is 0 Å². The zero-order valence-electron chi connectivity index (χ0n) is 16.1. The van der Waals surface area contributed by atoms with E-state index in [2.05, 4.69) is 31.8 Å². The van der Waals surface area contributed by atoms with Crippen molar-refractivity contribution in [2.45, 2.75) is 0 Å². The van der Waals surface area contributed by atoms with Gasteiger partial charge in [-0.2, -0.15) is 5.10 Å². The number of phenols is 1. The number of carbonyl (C=O) groups excluding carboxylic acids is 2. The summed E-state index contributed by atoms with van der Waals surface area (Å²) in [6.45, 7) is 0. The minimum Gasteiger partial charge on any atom is -0.502 e. The number of phenolic OH excluding ortho intramolecular Hbond substituents is 1. The number of hydrogen-bond donors (Lipinski definition) is 3. The van der Waals surface area contributed by atoms with E-state index in [1.165, 1.54) is 30.3 Å². The molecular weight excluding hydrogens is 487 g/mol. The van der Waals surface area contributed by atoms with E-state index in [0.717, 1.165) is 24.4 Å². The Labute approximate surface area is 188 Å². The van der Waals surface area contributed by atoms with E-state index in [1.807, 2.05) is 0 Å². The Bertz CT molecular complexity index is 1230. The van der Waals surface area contributed by atoms with Crippen molar-refractivity contribution in [3.05, 3.63) is 97.8 Å². The molecule has 11 heteroatoms. The van der Waals surface area contributed by atoms with Crippen LogP contribution in [0.5, 0.6) is 5.75 Å². The average Bonchev–Trinajstić information content (AvgIpc) is 2.76. The lowest BCUT2D eigenvalue weighted by Gasteiger charge is -2.07. The van der Waals surface area contributed by atoms with Crippen LogP contribution in [-0.4, -0.2) is 28.1 Å². The van der Waals surface area contributed by atoms with Gasteiger partial charge in [0.15, 0.2) is 0 Å². The molecule has 0 spiro atoms. The highest BCUT2D eigenvalue weighted by atomic mass is 79.9. The molecule has 0 aliphatic heterocycles. The van der Waals surface area contributed by atoms with Gasteiger partial charge in [0.25, 0.3) is 11.8 Å². The zero-order valence-corrected chi connectivity index (χ0v) is 17.7. The van der Waals surface area contributed by atoms with Crippen LogP contribution in [0.3, 0.4) is 0 Å². The van der Waals surface area contributed by atoms with Crippen LogP contribution in [0, 0.1) is 15.9 Å². The third kappa shape index (κ3) is 5.52. The summed E-state index contributed by atoms with van der Waals surface area (Å²) >= 11 is 3.10. The second-order valence-corrected chi connectivity index (χ2v) is 7.28. The quantitative estimate of drug-likeness (QED) is 0.264. The summed E-state index contributed by atoms with van der Waals surface area (Å²) in [4.78, 5) is 34.8. The molecule has 3 aromatic rings. The largest absolute Gasteiger partial charge is 0.502 e. The number of nitrogens with one attached hydrogen (secondary N) is 2. The predicted octanol–water partition coefficient (Wildman–Crippen LogP) is 4.22. The van der Waals surface area contributed by atoms with Gasteiger partial charge in [0.2, 0.25) is 5.75 Å². The van der Waals surface area contributed by atoms with E-state index >= 15 is 0 Å². The Morgan fingerprint density at radius 1 is 1.06 bits per heavy atom. The van der Waals surface area contributed by atoms with E-state index in [4.69, 9.17) is 0 Å². The van der Waals surface area contributed by atoms with Gasteiger partial charge in [-0.3, -0.25) is 19.7 Å². The lowest BCUT2D eigenvalue weighted by atomic mass is 10.1. The maximum atomic E-state index is 13.0. The highest BCUT2D eigenvalue weighted by Crippen LogP contribution is 2.32. The van der Waals surface area contributed by atoms with Crippen molar-refractivity contribution in [3.63, 3.8) is 0 Å². The van der Waals surface area contributed by atoms with E-state index in [9.17, 15) is 29.2 Å². The number of amides is 2. The molecule has 3 aromatic carbocycles. The summed E-state index contributed by atoms with van der Waals surface area (Å²) in [7, 11) is 0. The number of aromatic hydroxyl groups is 1. The van der Waals surface area contributed by atoms with Crippen LogP contribution in [0.1, 0.15) is 26.3 Å². The van der Waals surface area contributed by atoms with E-state index in [-0.39, 0.29) is 16.7 Å². The summed E-state index contributed by atoms with van der Waals surface area (Å²) in [6, 6.07) is 13.5. The number of nitrogens with zero attached hydrogens (tertiary/aromatic N) is 2. The molecule has 162 valence electrons. The number of rotatable bonds is 6. The number of benzene rings is 3. The number of hydrogen-bond acceptors (Lipinski definition) is 6. The number of carbonyl (C=O) groups is 2. The molecule has 0 bridgehead atoms. The van der Waals surface area contributed by atoms with Crippen molar-refractivity contribution in [2.75, 3.05) is 5.32 Å². The first-order valence-electron chi connectivity index (χ1n) is 8.92. The second-order valence-electron chi connectivity index (χ2n) is 6.36. The fraction of sp³-hybridized carbons (Fsp3) is 0. The molecular formula is C21H14BrFN4O5. The number of hydrazone groups is 1. The minimum absolute atomic E-state index is 0.0201.